The first-order chi connectivity index (χ1) is 9.71. The van der Waals surface area contributed by atoms with Gasteiger partial charge in [-0.3, -0.25) is 0 Å². The predicted molar refractivity (Wildman–Crippen MR) is 86.6 cm³/mol. The Morgan fingerprint density at radius 3 is 2.55 bits per heavy atom. The smallest absolute Gasteiger partial charge is 0.131 e. The molecule has 0 aliphatic heterocycles. The Labute approximate surface area is 129 Å². The summed E-state index contributed by atoms with van der Waals surface area (Å²) in [6.45, 7) is 4.99. The van der Waals surface area contributed by atoms with Crippen molar-refractivity contribution in [1.29, 1.82) is 0 Å². The van der Waals surface area contributed by atoms with Crippen LogP contribution in [0.15, 0.2) is 35.4 Å². The van der Waals surface area contributed by atoms with E-state index in [0.29, 0.717) is 0 Å². The van der Waals surface area contributed by atoms with Crippen LogP contribution in [0.3, 0.4) is 0 Å². The third-order valence-corrected chi connectivity index (χ3v) is 3.96. The Balaban J connectivity index is 2.07. The van der Waals surface area contributed by atoms with Crippen molar-refractivity contribution in [2.45, 2.75) is 31.0 Å². The molecule has 1 N–H and O–H groups in total. The van der Waals surface area contributed by atoms with E-state index in [4.69, 9.17) is 11.6 Å². The van der Waals surface area contributed by atoms with E-state index in [1.165, 1.54) is 5.56 Å². The Hall–Kier alpha value is -1.26. The molecule has 0 aliphatic carbocycles. The SMILES string of the molecule is CCNc1cc(SCc2ccc(Cl)cc2)nc(CC)n1. The fraction of sp³-hybridized carbons (Fsp3) is 0.333. The van der Waals surface area contributed by atoms with Gasteiger partial charge in [0.15, 0.2) is 0 Å². The maximum absolute atomic E-state index is 5.89. The summed E-state index contributed by atoms with van der Waals surface area (Å²) in [5, 5.41) is 5.02. The number of thioether (sulfide) groups is 1. The summed E-state index contributed by atoms with van der Waals surface area (Å²) >= 11 is 7.60. The molecule has 3 nitrogen and oxygen atoms in total. The molecule has 0 unspecified atom stereocenters. The van der Waals surface area contributed by atoms with Gasteiger partial charge < -0.3 is 5.32 Å². The Bertz CT molecular complexity index is 558. The van der Waals surface area contributed by atoms with Crippen LogP contribution in [-0.4, -0.2) is 16.5 Å². The summed E-state index contributed by atoms with van der Waals surface area (Å²) in [5.74, 6) is 2.66. The molecule has 2 rings (SSSR count). The summed E-state index contributed by atoms with van der Waals surface area (Å²) in [6, 6.07) is 9.92. The van der Waals surface area contributed by atoms with Gasteiger partial charge in [-0.25, -0.2) is 9.97 Å². The minimum atomic E-state index is 0.767. The average molecular weight is 308 g/mol. The third-order valence-electron chi connectivity index (χ3n) is 2.72. The molecule has 106 valence electrons. The van der Waals surface area contributed by atoms with Crippen LogP contribution in [0.1, 0.15) is 25.2 Å². The fourth-order valence-corrected chi connectivity index (χ4v) is 2.71. The van der Waals surface area contributed by atoms with Crippen LogP contribution in [0.4, 0.5) is 5.82 Å². The minimum absolute atomic E-state index is 0.767. The van der Waals surface area contributed by atoms with Crippen molar-refractivity contribution in [3.05, 3.63) is 46.7 Å². The fourth-order valence-electron chi connectivity index (χ4n) is 1.71. The van der Waals surface area contributed by atoms with Crippen LogP contribution in [0.2, 0.25) is 5.02 Å². The van der Waals surface area contributed by atoms with Crippen molar-refractivity contribution in [2.75, 3.05) is 11.9 Å². The van der Waals surface area contributed by atoms with E-state index >= 15 is 0 Å². The van der Waals surface area contributed by atoms with Crippen molar-refractivity contribution in [1.82, 2.24) is 9.97 Å². The Morgan fingerprint density at radius 2 is 1.90 bits per heavy atom. The number of nitrogens with one attached hydrogen (secondary N) is 1. The summed E-state index contributed by atoms with van der Waals surface area (Å²) in [7, 11) is 0. The molecule has 2 aromatic rings. The lowest BCUT2D eigenvalue weighted by Gasteiger charge is -2.08. The molecule has 0 bridgehead atoms. The molecule has 0 saturated carbocycles. The first-order valence-electron chi connectivity index (χ1n) is 6.70. The number of hydrogen-bond acceptors (Lipinski definition) is 4. The van der Waals surface area contributed by atoms with Gasteiger partial charge in [-0.05, 0) is 24.6 Å². The summed E-state index contributed by atoms with van der Waals surface area (Å²) < 4.78 is 0. The second kappa shape index (κ2) is 7.50. The van der Waals surface area contributed by atoms with Crippen molar-refractivity contribution in [3.63, 3.8) is 0 Å². The molecule has 0 aliphatic rings. The summed E-state index contributed by atoms with van der Waals surface area (Å²) in [4.78, 5) is 9.01. The zero-order valence-corrected chi connectivity index (χ0v) is 13.3. The van der Waals surface area contributed by atoms with E-state index in [1.54, 1.807) is 11.8 Å². The maximum Gasteiger partial charge on any atom is 0.131 e. The van der Waals surface area contributed by atoms with Gasteiger partial charge in [-0.2, -0.15) is 0 Å². The van der Waals surface area contributed by atoms with Gasteiger partial charge in [0.25, 0.3) is 0 Å². The highest BCUT2D eigenvalue weighted by atomic mass is 35.5. The number of nitrogens with zero attached hydrogens (tertiary/aromatic N) is 2. The lowest BCUT2D eigenvalue weighted by Crippen LogP contribution is -2.03. The van der Waals surface area contributed by atoms with E-state index in [9.17, 15) is 0 Å². The molecule has 0 amide bonds. The molecular formula is C15H18ClN3S. The molecule has 1 heterocycles. The number of hydrogen-bond donors (Lipinski definition) is 1. The van der Waals surface area contributed by atoms with Gasteiger partial charge in [-0.15, -0.1) is 11.8 Å². The summed E-state index contributed by atoms with van der Waals surface area (Å²) in [5.41, 5.74) is 1.24. The molecule has 1 aromatic heterocycles. The van der Waals surface area contributed by atoms with Crippen LogP contribution >= 0.6 is 23.4 Å². The van der Waals surface area contributed by atoms with Crippen LogP contribution in [0, 0.1) is 0 Å². The molecule has 20 heavy (non-hydrogen) atoms. The van der Waals surface area contributed by atoms with E-state index < -0.39 is 0 Å². The van der Waals surface area contributed by atoms with Gasteiger partial charge in [-0.1, -0.05) is 30.7 Å². The molecule has 0 radical (unpaired) electrons. The highest BCUT2D eigenvalue weighted by molar-refractivity contribution is 7.98. The van der Waals surface area contributed by atoms with Gasteiger partial charge in [0.05, 0.1) is 0 Å². The number of aromatic nitrogens is 2. The average Bonchev–Trinajstić information content (AvgIpc) is 2.47. The highest BCUT2D eigenvalue weighted by Gasteiger charge is 2.04. The molecule has 0 fully saturated rings. The molecular weight excluding hydrogens is 290 g/mol. The molecule has 1 aromatic carbocycles. The standard InChI is InChI=1S/C15H18ClN3S/c1-3-13-18-14(17-4-2)9-15(19-13)20-10-11-5-7-12(16)8-6-11/h5-9H,3-4,10H2,1-2H3,(H,17,18,19). The number of benzene rings is 1. The Kier molecular flexibility index (Phi) is 5.68. The number of halogens is 1. The number of aryl methyl sites for hydroxylation is 1. The maximum atomic E-state index is 5.89. The first-order valence-corrected chi connectivity index (χ1v) is 8.06. The zero-order valence-electron chi connectivity index (χ0n) is 11.7. The second-order valence-corrected chi connectivity index (χ2v) is 5.74. The molecule has 5 heteroatoms. The third kappa shape index (κ3) is 4.39. The van der Waals surface area contributed by atoms with E-state index in [2.05, 4.69) is 29.1 Å². The van der Waals surface area contributed by atoms with Crippen LogP contribution in [-0.2, 0) is 12.2 Å². The number of anilines is 1. The second-order valence-electron chi connectivity index (χ2n) is 4.31. The monoisotopic (exact) mass is 307 g/mol. The molecule has 0 spiro atoms. The topological polar surface area (TPSA) is 37.8 Å². The largest absolute Gasteiger partial charge is 0.370 e. The quantitative estimate of drug-likeness (QED) is 0.633. The van der Waals surface area contributed by atoms with Gasteiger partial charge in [0.2, 0.25) is 0 Å². The normalized spacial score (nSPS) is 10.6. The van der Waals surface area contributed by atoms with Crippen molar-refractivity contribution in [3.8, 4) is 0 Å². The van der Waals surface area contributed by atoms with Gasteiger partial charge >= 0.3 is 0 Å². The lowest BCUT2D eigenvalue weighted by atomic mass is 10.2. The highest BCUT2D eigenvalue weighted by Crippen LogP contribution is 2.24. The van der Waals surface area contributed by atoms with E-state index in [0.717, 1.165) is 40.4 Å². The van der Waals surface area contributed by atoms with Gasteiger partial charge in [0, 0.05) is 29.8 Å². The lowest BCUT2D eigenvalue weighted by molar-refractivity contribution is 0.887. The van der Waals surface area contributed by atoms with Crippen LogP contribution < -0.4 is 5.32 Å². The first kappa shape index (κ1) is 15.1. The van der Waals surface area contributed by atoms with Crippen LogP contribution in [0.5, 0.6) is 0 Å². The zero-order chi connectivity index (χ0) is 14.4. The van der Waals surface area contributed by atoms with Crippen molar-refractivity contribution >= 4 is 29.2 Å². The van der Waals surface area contributed by atoms with E-state index in [-0.39, 0.29) is 0 Å². The summed E-state index contributed by atoms with van der Waals surface area (Å²) in [6.07, 6.45) is 0.841. The molecule has 0 saturated heterocycles. The van der Waals surface area contributed by atoms with Crippen molar-refractivity contribution < 1.29 is 0 Å². The molecule has 0 atom stereocenters. The minimum Gasteiger partial charge on any atom is -0.370 e. The predicted octanol–water partition coefficient (Wildman–Crippen LogP) is 4.42. The van der Waals surface area contributed by atoms with Gasteiger partial charge in [0.1, 0.15) is 16.7 Å². The van der Waals surface area contributed by atoms with Crippen molar-refractivity contribution in [2.24, 2.45) is 0 Å². The van der Waals surface area contributed by atoms with E-state index in [1.807, 2.05) is 30.3 Å². The van der Waals surface area contributed by atoms with Crippen LogP contribution in [0.25, 0.3) is 0 Å². The number of rotatable bonds is 6. The Morgan fingerprint density at radius 1 is 1.15 bits per heavy atom.